The highest BCUT2D eigenvalue weighted by Crippen LogP contribution is 2.29. The van der Waals surface area contributed by atoms with Crippen molar-refractivity contribution < 1.29 is 23.8 Å². The zero-order valence-electron chi connectivity index (χ0n) is 15.4. The highest BCUT2D eigenvalue weighted by Gasteiger charge is 2.23. The number of hydrogen-bond donors (Lipinski definition) is 0. The second kappa shape index (κ2) is 10.9. The lowest BCUT2D eigenvalue weighted by Crippen LogP contribution is -2.23. The van der Waals surface area contributed by atoms with Gasteiger partial charge in [0.25, 0.3) is 0 Å². The Morgan fingerprint density at radius 3 is 2.44 bits per heavy atom. The molecule has 0 fully saturated rings. The van der Waals surface area contributed by atoms with Crippen LogP contribution in [0, 0.1) is 3.57 Å². The molecule has 0 radical (unpaired) electrons. The monoisotopic (exact) mass is 482 g/mol. The molecule has 2 aromatic rings. The van der Waals surface area contributed by atoms with Crippen LogP contribution in [0.5, 0.6) is 11.5 Å². The Bertz CT molecular complexity index is 744. The summed E-state index contributed by atoms with van der Waals surface area (Å²) in [7, 11) is 1.60. The Labute approximate surface area is 173 Å². The van der Waals surface area contributed by atoms with E-state index < -0.39 is 6.10 Å². The number of aldehydes is 1. The van der Waals surface area contributed by atoms with Gasteiger partial charge >= 0.3 is 5.97 Å². The van der Waals surface area contributed by atoms with Crippen LogP contribution in [0.2, 0.25) is 0 Å². The minimum atomic E-state index is -0.664. The van der Waals surface area contributed by atoms with Crippen LogP contribution in [0.3, 0.4) is 0 Å². The van der Waals surface area contributed by atoms with Crippen molar-refractivity contribution >= 4 is 34.8 Å². The van der Waals surface area contributed by atoms with Gasteiger partial charge in [-0.05, 0) is 71.7 Å². The SMILES string of the molecule is CCOC(=O)CC(CC(C=O)Oc1ccccc1I)c1ccc(OC)cc1. The molecule has 0 N–H and O–H groups in total. The van der Waals surface area contributed by atoms with E-state index in [4.69, 9.17) is 14.2 Å². The first-order chi connectivity index (χ1) is 13.1. The predicted molar refractivity (Wildman–Crippen MR) is 111 cm³/mol. The summed E-state index contributed by atoms with van der Waals surface area (Å²) in [5.74, 6) is 0.888. The van der Waals surface area contributed by atoms with E-state index >= 15 is 0 Å². The number of rotatable bonds is 10. The van der Waals surface area contributed by atoms with Gasteiger partial charge in [-0.25, -0.2) is 0 Å². The molecule has 0 amide bonds. The minimum Gasteiger partial charge on any atom is -0.497 e. The largest absolute Gasteiger partial charge is 0.497 e. The van der Waals surface area contributed by atoms with Crippen molar-refractivity contribution in [3.05, 3.63) is 57.7 Å². The highest BCUT2D eigenvalue weighted by molar-refractivity contribution is 14.1. The molecule has 5 nitrogen and oxygen atoms in total. The molecule has 0 aliphatic carbocycles. The zero-order chi connectivity index (χ0) is 19.6. The number of hydrogen-bond acceptors (Lipinski definition) is 5. The van der Waals surface area contributed by atoms with Gasteiger partial charge in [0, 0.05) is 0 Å². The number of para-hydroxylation sites is 1. The molecule has 0 spiro atoms. The smallest absolute Gasteiger partial charge is 0.306 e. The van der Waals surface area contributed by atoms with E-state index in [9.17, 15) is 9.59 Å². The summed E-state index contributed by atoms with van der Waals surface area (Å²) in [5, 5.41) is 0. The molecule has 0 bridgehead atoms. The van der Waals surface area contributed by atoms with Crippen molar-refractivity contribution in [1.82, 2.24) is 0 Å². The summed E-state index contributed by atoms with van der Waals surface area (Å²) >= 11 is 2.17. The van der Waals surface area contributed by atoms with Gasteiger partial charge < -0.3 is 14.2 Å². The molecule has 144 valence electrons. The first kappa shape index (κ1) is 21.2. The van der Waals surface area contributed by atoms with Crippen LogP contribution >= 0.6 is 22.6 Å². The van der Waals surface area contributed by atoms with E-state index in [1.807, 2.05) is 48.5 Å². The maximum absolute atomic E-state index is 12.1. The summed E-state index contributed by atoms with van der Waals surface area (Å²) in [6.07, 6.45) is 0.673. The summed E-state index contributed by atoms with van der Waals surface area (Å²) in [6.45, 7) is 2.10. The van der Waals surface area contributed by atoms with Crippen molar-refractivity contribution in [2.75, 3.05) is 13.7 Å². The zero-order valence-corrected chi connectivity index (χ0v) is 17.5. The Hall–Kier alpha value is -2.09. The summed E-state index contributed by atoms with van der Waals surface area (Å²) in [4.78, 5) is 23.7. The van der Waals surface area contributed by atoms with Crippen LogP contribution in [-0.2, 0) is 14.3 Å². The second-order valence-electron chi connectivity index (χ2n) is 5.94. The summed E-state index contributed by atoms with van der Waals surface area (Å²) in [6, 6.07) is 15.0. The fourth-order valence-electron chi connectivity index (χ4n) is 2.75. The van der Waals surface area contributed by atoms with Crippen LogP contribution in [0.4, 0.5) is 0 Å². The Balaban J connectivity index is 2.18. The molecule has 0 aliphatic rings. The quantitative estimate of drug-likeness (QED) is 0.286. The fraction of sp³-hybridized carbons (Fsp3) is 0.333. The lowest BCUT2D eigenvalue weighted by atomic mass is 9.90. The van der Waals surface area contributed by atoms with E-state index in [-0.39, 0.29) is 18.3 Å². The van der Waals surface area contributed by atoms with Gasteiger partial charge in [0.05, 0.1) is 23.7 Å². The molecule has 0 heterocycles. The maximum Gasteiger partial charge on any atom is 0.306 e. The number of benzene rings is 2. The van der Waals surface area contributed by atoms with Crippen LogP contribution in [0.15, 0.2) is 48.5 Å². The number of halogens is 1. The molecule has 0 aliphatic heterocycles. The minimum absolute atomic E-state index is 0.180. The molecular weight excluding hydrogens is 459 g/mol. The van der Waals surface area contributed by atoms with Crippen LogP contribution in [0.1, 0.15) is 31.2 Å². The molecule has 27 heavy (non-hydrogen) atoms. The molecule has 2 unspecified atom stereocenters. The van der Waals surface area contributed by atoms with E-state index in [2.05, 4.69) is 22.6 Å². The standard InChI is InChI=1S/C21H23IO5/c1-3-26-21(24)13-16(15-8-10-17(25-2)11-9-15)12-18(14-23)27-20-7-5-4-6-19(20)22/h4-11,14,16,18H,3,12-13H2,1-2H3. The van der Waals surface area contributed by atoms with Gasteiger partial charge in [0.15, 0.2) is 12.4 Å². The summed E-state index contributed by atoms with van der Waals surface area (Å²) in [5.41, 5.74) is 0.932. The van der Waals surface area contributed by atoms with Crippen LogP contribution in [0.25, 0.3) is 0 Å². The van der Waals surface area contributed by atoms with Crippen molar-refractivity contribution in [2.45, 2.75) is 31.8 Å². The van der Waals surface area contributed by atoms with Crippen LogP contribution in [-0.4, -0.2) is 32.1 Å². The third kappa shape index (κ3) is 6.53. The van der Waals surface area contributed by atoms with Crippen molar-refractivity contribution in [3.8, 4) is 11.5 Å². The average molecular weight is 482 g/mol. The Morgan fingerprint density at radius 2 is 1.85 bits per heavy atom. The number of methoxy groups -OCH3 is 1. The maximum atomic E-state index is 12.1. The molecule has 2 atom stereocenters. The average Bonchev–Trinajstić information content (AvgIpc) is 2.68. The third-order valence-electron chi connectivity index (χ3n) is 4.09. The predicted octanol–water partition coefficient (Wildman–Crippen LogP) is 4.37. The molecule has 2 aromatic carbocycles. The molecule has 2 rings (SSSR count). The lowest BCUT2D eigenvalue weighted by Gasteiger charge is -2.22. The van der Waals surface area contributed by atoms with E-state index in [0.717, 1.165) is 21.2 Å². The Kier molecular flexibility index (Phi) is 8.57. The third-order valence-corrected chi connectivity index (χ3v) is 4.98. The summed E-state index contributed by atoms with van der Waals surface area (Å²) < 4.78 is 17.1. The first-order valence-electron chi connectivity index (χ1n) is 8.73. The van der Waals surface area contributed by atoms with Gasteiger partial charge in [-0.1, -0.05) is 24.3 Å². The van der Waals surface area contributed by atoms with Gasteiger partial charge in [-0.15, -0.1) is 0 Å². The van der Waals surface area contributed by atoms with Crippen molar-refractivity contribution in [2.24, 2.45) is 0 Å². The second-order valence-corrected chi connectivity index (χ2v) is 7.10. The molecule has 0 saturated carbocycles. The topological polar surface area (TPSA) is 61.8 Å². The van der Waals surface area contributed by atoms with Crippen molar-refractivity contribution in [3.63, 3.8) is 0 Å². The normalized spacial score (nSPS) is 12.7. The highest BCUT2D eigenvalue weighted by atomic mass is 127. The van der Waals surface area contributed by atoms with E-state index in [0.29, 0.717) is 18.8 Å². The molecular formula is C21H23IO5. The van der Waals surface area contributed by atoms with Gasteiger partial charge in [0.2, 0.25) is 0 Å². The number of ether oxygens (including phenoxy) is 3. The number of carbonyl (C=O) groups is 2. The van der Waals surface area contributed by atoms with E-state index in [1.54, 1.807) is 14.0 Å². The lowest BCUT2D eigenvalue weighted by molar-refractivity contribution is -0.143. The van der Waals surface area contributed by atoms with Gasteiger partial charge in [-0.2, -0.15) is 0 Å². The van der Waals surface area contributed by atoms with Crippen LogP contribution < -0.4 is 9.47 Å². The van der Waals surface area contributed by atoms with E-state index in [1.165, 1.54) is 0 Å². The Morgan fingerprint density at radius 1 is 1.15 bits per heavy atom. The first-order valence-corrected chi connectivity index (χ1v) is 9.81. The number of carbonyl (C=O) groups excluding carboxylic acids is 2. The molecule has 6 heteroatoms. The van der Waals surface area contributed by atoms with Gasteiger partial charge in [0.1, 0.15) is 11.5 Å². The number of esters is 1. The molecule has 0 aromatic heterocycles. The van der Waals surface area contributed by atoms with Gasteiger partial charge in [-0.3, -0.25) is 9.59 Å². The molecule has 0 saturated heterocycles. The fourth-order valence-corrected chi connectivity index (χ4v) is 3.26. The van der Waals surface area contributed by atoms with Crippen molar-refractivity contribution in [1.29, 1.82) is 0 Å².